The van der Waals surface area contributed by atoms with Gasteiger partial charge in [0.05, 0.1) is 25.7 Å². The van der Waals surface area contributed by atoms with Gasteiger partial charge in [-0.25, -0.2) is 4.39 Å². The Balaban J connectivity index is 2.02. The van der Waals surface area contributed by atoms with Crippen LogP contribution in [0.2, 0.25) is 0 Å². The van der Waals surface area contributed by atoms with Crippen LogP contribution in [0.1, 0.15) is 25.0 Å². The summed E-state index contributed by atoms with van der Waals surface area (Å²) in [4.78, 5) is 26.7. The molecule has 1 aromatic rings. The smallest absolute Gasteiger partial charge is 0.242 e. The number of aliphatic hydroxyl groups is 1. The third kappa shape index (κ3) is 3.58. The quantitative estimate of drug-likeness (QED) is 0.879. The van der Waals surface area contributed by atoms with Crippen LogP contribution in [0.5, 0.6) is 0 Å². The molecule has 114 valence electrons. The number of rotatable bonds is 5. The molecule has 1 unspecified atom stereocenters. The fourth-order valence-electron chi connectivity index (χ4n) is 2.40. The van der Waals surface area contributed by atoms with Crippen LogP contribution < -0.4 is 0 Å². The van der Waals surface area contributed by atoms with Gasteiger partial charge in [-0.15, -0.1) is 0 Å². The van der Waals surface area contributed by atoms with E-state index < -0.39 is 11.9 Å². The minimum atomic E-state index is -1.14. The van der Waals surface area contributed by atoms with E-state index >= 15 is 0 Å². The van der Waals surface area contributed by atoms with Crippen LogP contribution in [0, 0.1) is 5.82 Å². The van der Waals surface area contributed by atoms with Gasteiger partial charge < -0.3 is 14.9 Å². The van der Waals surface area contributed by atoms with Crippen LogP contribution in [0.25, 0.3) is 0 Å². The zero-order chi connectivity index (χ0) is 15.4. The number of carbonyl (C=O) groups is 2. The Morgan fingerprint density at radius 2 is 1.81 bits per heavy atom. The first-order chi connectivity index (χ1) is 10.0. The van der Waals surface area contributed by atoms with E-state index in [-0.39, 0.29) is 37.0 Å². The number of nitrogens with zero attached hydrogens (tertiary/aromatic N) is 2. The number of hydrogen-bond donors (Lipinski definition) is 1. The van der Waals surface area contributed by atoms with Crippen LogP contribution in [0.4, 0.5) is 4.39 Å². The fourth-order valence-corrected chi connectivity index (χ4v) is 2.40. The zero-order valence-electron chi connectivity index (χ0n) is 12.0. The van der Waals surface area contributed by atoms with E-state index in [9.17, 15) is 19.1 Å². The van der Waals surface area contributed by atoms with E-state index in [0.29, 0.717) is 6.54 Å². The molecule has 1 aromatic carbocycles. The maximum Gasteiger partial charge on any atom is 0.242 e. The highest BCUT2D eigenvalue weighted by atomic mass is 19.1. The van der Waals surface area contributed by atoms with Crippen LogP contribution in [0.3, 0.4) is 0 Å². The van der Waals surface area contributed by atoms with Crippen molar-refractivity contribution >= 4 is 11.8 Å². The van der Waals surface area contributed by atoms with Crippen molar-refractivity contribution in [1.29, 1.82) is 0 Å². The summed E-state index contributed by atoms with van der Waals surface area (Å²) in [5, 5.41) is 10.1. The molecule has 0 bridgehead atoms. The Kier molecular flexibility index (Phi) is 4.90. The summed E-state index contributed by atoms with van der Waals surface area (Å²) in [6.07, 6.45) is -0.350. The molecule has 0 spiro atoms. The molecule has 1 atom stereocenters. The predicted octanol–water partition coefficient (Wildman–Crippen LogP) is 0.940. The van der Waals surface area contributed by atoms with Crippen LogP contribution in [-0.2, 0) is 9.59 Å². The third-order valence-electron chi connectivity index (χ3n) is 3.51. The molecular formula is C15H19FN2O3. The Bertz CT molecular complexity index is 535. The van der Waals surface area contributed by atoms with Gasteiger partial charge in [-0.05, 0) is 12.5 Å². The number of benzene rings is 1. The predicted molar refractivity (Wildman–Crippen MR) is 74.8 cm³/mol. The van der Waals surface area contributed by atoms with Crippen LogP contribution in [-0.4, -0.2) is 52.9 Å². The van der Waals surface area contributed by atoms with E-state index in [0.717, 1.165) is 6.42 Å². The summed E-state index contributed by atoms with van der Waals surface area (Å²) in [7, 11) is 0. The SMILES string of the molecule is CCCN1CC(=O)N(CC(O)c2ccccc2F)CC1=O. The third-order valence-corrected chi connectivity index (χ3v) is 3.51. The second kappa shape index (κ2) is 6.67. The van der Waals surface area contributed by atoms with Gasteiger partial charge in [0.25, 0.3) is 0 Å². The summed E-state index contributed by atoms with van der Waals surface area (Å²) in [6.45, 7) is 2.37. The van der Waals surface area contributed by atoms with Gasteiger partial charge in [0, 0.05) is 12.1 Å². The fraction of sp³-hybridized carbons (Fsp3) is 0.467. The Labute approximate surface area is 123 Å². The number of β-amino-alcohol motifs (C(OH)–C–C–N with tert-alkyl or cyclic N) is 1. The Morgan fingerprint density at radius 1 is 1.19 bits per heavy atom. The second-order valence-corrected chi connectivity index (χ2v) is 5.13. The summed E-state index contributed by atoms with van der Waals surface area (Å²) in [5.74, 6) is -0.885. The number of carbonyl (C=O) groups excluding carboxylic acids is 2. The first-order valence-corrected chi connectivity index (χ1v) is 7.01. The molecule has 6 heteroatoms. The first kappa shape index (κ1) is 15.4. The Hall–Kier alpha value is -1.95. The summed E-state index contributed by atoms with van der Waals surface area (Å²) in [6, 6.07) is 5.88. The highest BCUT2D eigenvalue weighted by Gasteiger charge is 2.31. The van der Waals surface area contributed by atoms with Crippen molar-refractivity contribution in [3.05, 3.63) is 35.6 Å². The molecule has 2 rings (SSSR count). The standard InChI is InChI=1S/C15H19FN2O3/c1-2-7-17-9-15(21)18(10-14(17)20)8-13(19)11-5-3-4-6-12(11)16/h3-6,13,19H,2,7-10H2,1H3. The largest absolute Gasteiger partial charge is 0.386 e. The van der Waals surface area contributed by atoms with Crippen LogP contribution in [0.15, 0.2) is 24.3 Å². The molecule has 21 heavy (non-hydrogen) atoms. The van der Waals surface area contributed by atoms with Gasteiger partial charge in [0.1, 0.15) is 5.82 Å². The second-order valence-electron chi connectivity index (χ2n) is 5.13. The van der Waals surface area contributed by atoms with Gasteiger partial charge in [-0.1, -0.05) is 25.1 Å². The lowest BCUT2D eigenvalue weighted by Gasteiger charge is -2.34. The molecule has 0 saturated carbocycles. The number of aliphatic hydroxyl groups excluding tert-OH is 1. The van der Waals surface area contributed by atoms with Gasteiger partial charge in [0.2, 0.25) is 11.8 Å². The molecule has 1 fully saturated rings. The maximum absolute atomic E-state index is 13.6. The van der Waals surface area contributed by atoms with Crippen molar-refractivity contribution in [3.8, 4) is 0 Å². The van der Waals surface area contributed by atoms with E-state index in [1.165, 1.54) is 28.0 Å². The van der Waals surface area contributed by atoms with Crippen molar-refractivity contribution in [2.75, 3.05) is 26.2 Å². The Morgan fingerprint density at radius 3 is 2.48 bits per heavy atom. The molecule has 1 aliphatic rings. The number of hydrogen-bond acceptors (Lipinski definition) is 3. The molecule has 1 saturated heterocycles. The lowest BCUT2D eigenvalue weighted by atomic mass is 10.1. The number of piperazine rings is 1. The minimum absolute atomic E-state index is 0.0245. The molecule has 0 aliphatic carbocycles. The molecule has 0 radical (unpaired) electrons. The summed E-state index contributed by atoms with van der Waals surface area (Å²) in [5.41, 5.74) is 0.133. The molecule has 2 amide bonds. The normalized spacial score (nSPS) is 17.3. The average molecular weight is 294 g/mol. The average Bonchev–Trinajstić information content (AvgIpc) is 2.45. The van der Waals surface area contributed by atoms with Crippen molar-refractivity contribution < 1.29 is 19.1 Å². The molecular weight excluding hydrogens is 275 g/mol. The van der Waals surface area contributed by atoms with Crippen molar-refractivity contribution in [2.45, 2.75) is 19.4 Å². The monoisotopic (exact) mass is 294 g/mol. The van der Waals surface area contributed by atoms with E-state index in [4.69, 9.17) is 0 Å². The topological polar surface area (TPSA) is 60.9 Å². The van der Waals surface area contributed by atoms with Gasteiger partial charge in [-0.2, -0.15) is 0 Å². The maximum atomic E-state index is 13.6. The molecule has 1 heterocycles. The first-order valence-electron chi connectivity index (χ1n) is 7.01. The highest BCUT2D eigenvalue weighted by Crippen LogP contribution is 2.19. The number of amides is 2. The van der Waals surface area contributed by atoms with Crippen molar-refractivity contribution in [1.82, 2.24) is 9.80 Å². The zero-order valence-corrected chi connectivity index (χ0v) is 12.0. The summed E-state index contributed by atoms with van der Waals surface area (Å²) >= 11 is 0. The molecule has 5 nitrogen and oxygen atoms in total. The molecule has 1 aliphatic heterocycles. The lowest BCUT2D eigenvalue weighted by molar-refractivity contribution is -0.151. The van der Waals surface area contributed by atoms with Gasteiger partial charge >= 0.3 is 0 Å². The van der Waals surface area contributed by atoms with Crippen molar-refractivity contribution in [3.63, 3.8) is 0 Å². The minimum Gasteiger partial charge on any atom is -0.386 e. The van der Waals surface area contributed by atoms with Gasteiger partial charge in [0.15, 0.2) is 0 Å². The van der Waals surface area contributed by atoms with E-state index in [2.05, 4.69) is 0 Å². The molecule has 1 N–H and O–H groups in total. The summed E-state index contributed by atoms with van der Waals surface area (Å²) < 4.78 is 13.6. The van der Waals surface area contributed by atoms with E-state index in [1.807, 2.05) is 6.92 Å². The van der Waals surface area contributed by atoms with E-state index in [1.54, 1.807) is 6.07 Å². The number of halogens is 1. The lowest BCUT2D eigenvalue weighted by Crippen LogP contribution is -2.54. The van der Waals surface area contributed by atoms with Crippen LogP contribution >= 0.6 is 0 Å². The molecule has 0 aromatic heterocycles. The van der Waals surface area contributed by atoms with Crippen molar-refractivity contribution in [2.24, 2.45) is 0 Å². The highest BCUT2D eigenvalue weighted by molar-refractivity contribution is 5.92. The van der Waals surface area contributed by atoms with Gasteiger partial charge in [-0.3, -0.25) is 9.59 Å².